The normalized spacial score (nSPS) is 14.7. The highest BCUT2D eigenvalue weighted by Gasteiger charge is 2.27. The van der Waals surface area contributed by atoms with E-state index in [4.69, 9.17) is 11.7 Å². The number of nitrogens with two attached hydrogens (primary N) is 2. The molecule has 0 bridgehead atoms. The van der Waals surface area contributed by atoms with Crippen LogP contribution in [-0.2, 0) is 0 Å². The largest absolute Gasteiger partial charge is 0.350 e. The first-order valence-corrected chi connectivity index (χ1v) is 6.07. The van der Waals surface area contributed by atoms with Gasteiger partial charge in [-0.25, -0.2) is 21.5 Å². The van der Waals surface area contributed by atoms with Crippen molar-refractivity contribution in [3.63, 3.8) is 0 Å². The molecule has 0 heterocycles. The molecular weight excluding hydrogens is 319 g/mol. The fraction of sp³-hybridized carbons (Fsp3) is 0.300. The predicted octanol–water partition coefficient (Wildman–Crippen LogP) is 1.43. The second-order valence-corrected chi connectivity index (χ2v) is 4.85. The number of rotatable bonds is 2. The van der Waals surface area contributed by atoms with E-state index in [-0.39, 0.29) is 0 Å². The maximum Gasteiger partial charge on any atom is 0.350 e. The Balaban J connectivity index is 2.33. The lowest BCUT2D eigenvalue weighted by molar-refractivity contribution is 0.246. The molecule has 0 unspecified atom stereocenters. The molecule has 0 spiro atoms. The van der Waals surface area contributed by atoms with Crippen molar-refractivity contribution in [1.82, 2.24) is 5.43 Å². The monoisotopic (exact) mass is 332 g/mol. The summed E-state index contributed by atoms with van der Waals surface area (Å²) in [5.41, 5.74) is 3.96. The minimum Gasteiger partial charge on any atom is -0.274 e. The molecule has 1 saturated carbocycles. The molecule has 16 heavy (non-hydrogen) atoms. The van der Waals surface area contributed by atoms with Gasteiger partial charge in [0.15, 0.2) is 0 Å². The number of hydrogen-bond acceptors (Lipinski definition) is 3. The molecule has 5 nitrogen and oxygen atoms in total. The summed E-state index contributed by atoms with van der Waals surface area (Å²) in [7, 11) is 0. The number of carbonyl (C=O) groups is 1. The molecule has 2 rings (SSSR count). The second-order valence-electron chi connectivity index (χ2n) is 3.77. The molecule has 1 aliphatic carbocycles. The van der Waals surface area contributed by atoms with Gasteiger partial charge < -0.3 is 0 Å². The van der Waals surface area contributed by atoms with Gasteiger partial charge in [0.1, 0.15) is 0 Å². The molecule has 0 radical (unpaired) electrons. The average molecular weight is 332 g/mol. The van der Waals surface area contributed by atoms with Crippen LogP contribution in [0.2, 0.25) is 0 Å². The summed E-state index contributed by atoms with van der Waals surface area (Å²) in [6.45, 7) is 0. The first kappa shape index (κ1) is 11.6. The number of carbonyl (C=O) groups excluding carboxylic acids is 1. The molecular formula is C10H13IN4O. The Morgan fingerprint density at radius 2 is 2.19 bits per heavy atom. The Morgan fingerprint density at radius 3 is 2.75 bits per heavy atom. The molecule has 0 aliphatic heterocycles. The summed E-state index contributed by atoms with van der Waals surface area (Å²) >= 11 is 2.22. The smallest absolute Gasteiger partial charge is 0.274 e. The van der Waals surface area contributed by atoms with Crippen molar-refractivity contribution in [2.75, 3.05) is 5.01 Å². The highest BCUT2D eigenvalue weighted by molar-refractivity contribution is 14.1. The lowest BCUT2D eigenvalue weighted by atomic mass is 10.1. The summed E-state index contributed by atoms with van der Waals surface area (Å²) in [5, 5.41) is 1.04. The molecule has 1 aliphatic rings. The Bertz CT molecular complexity index is 419. The molecule has 1 aromatic rings. The van der Waals surface area contributed by atoms with Gasteiger partial charge in [0, 0.05) is 3.57 Å². The number of nitrogens with zero attached hydrogens (tertiary/aromatic N) is 1. The summed E-state index contributed by atoms with van der Waals surface area (Å²) in [6, 6.07) is 5.28. The van der Waals surface area contributed by atoms with Gasteiger partial charge in [0.25, 0.3) is 0 Å². The van der Waals surface area contributed by atoms with E-state index in [1.165, 1.54) is 18.4 Å². The van der Waals surface area contributed by atoms with E-state index in [9.17, 15) is 4.79 Å². The van der Waals surface area contributed by atoms with Crippen LogP contribution in [-0.4, -0.2) is 6.03 Å². The van der Waals surface area contributed by atoms with E-state index in [0.717, 1.165) is 8.58 Å². The van der Waals surface area contributed by atoms with E-state index >= 15 is 0 Å². The van der Waals surface area contributed by atoms with Crippen LogP contribution in [0.4, 0.5) is 10.5 Å². The van der Waals surface area contributed by atoms with Crippen LogP contribution < -0.4 is 22.1 Å². The van der Waals surface area contributed by atoms with Crippen LogP contribution in [0, 0.1) is 3.57 Å². The molecule has 1 aromatic carbocycles. The van der Waals surface area contributed by atoms with Gasteiger partial charge in [-0.1, -0.05) is 12.1 Å². The third-order valence-corrected chi connectivity index (χ3v) is 3.80. The molecule has 2 amide bonds. The number of amides is 2. The Kier molecular flexibility index (Phi) is 3.31. The predicted molar refractivity (Wildman–Crippen MR) is 70.5 cm³/mol. The van der Waals surface area contributed by atoms with Crippen molar-refractivity contribution >= 4 is 34.3 Å². The number of halogens is 1. The summed E-state index contributed by atoms with van der Waals surface area (Å²) in [6.07, 6.45) is 2.43. The van der Waals surface area contributed by atoms with Crippen LogP contribution in [0.15, 0.2) is 18.2 Å². The minimum absolute atomic E-state index is 0.522. The van der Waals surface area contributed by atoms with Gasteiger partial charge in [-0.15, -0.1) is 0 Å². The van der Waals surface area contributed by atoms with E-state index in [2.05, 4.69) is 28.7 Å². The van der Waals surface area contributed by atoms with Crippen LogP contribution >= 0.6 is 22.6 Å². The van der Waals surface area contributed by atoms with Gasteiger partial charge >= 0.3 is 6.03 Å². The molecule has 0 atom stereocenters. The average Bonchev–Trinajstić information content (AvgIpc) is 3.11. The van der Waals surface area contributed by atoms with Crippen LogP contribution in [0.25, 0.3) is 0 Å². The van der Waals surface area contributed by atoms with Gasteiger partial charge in [0.2, 0.25) is 0 Å². The zero-order chi connectivity index (χ0) is 11.7. The van der Waals surface area contributed by atoms with Crippen molar-refractivity contribution in [1.29, 1.82) is 0 Å². The number of urea groups is 1. The van der Waals surface area contributed by atoms with Gasteiger partial charge in [0.05, 0.1) is 5.69 Å². The molecule has 6 heteroatoms. The van der Waals surface area contributed by atoms with E-state index < -0.39 is 6.03 Å². The topological polar surface area (TPSA) is 84.4 Å². The second kappa shape index (κ2) is 4.56. The number of anilines is 1. The SMILES string of the molecule is NNC(=O)N(N)c1cccc(C2CC2)c1I. The molecule has 0 aromatic heterocycles. The molecule has 1 fully saturated rings. The van der Waals surface area contributed by atoms with Gasteiger partial charge in [-0.05, 0) is 53.0 Å². The summed E-state index contributed by atoms with van der Waals surface area (Å²) in [5.74, 6) is 11.3. The summed E-state index contributed by atoms with van der Waals surface area (Å²) in [4.78, 5) is 11.3. The quantitative estimate of drug-likeness (QED) is 0.332. The first-order chi connectivity index (χ1) is 7.65. The Labute approximate surface area is 107 Å². The summed E-state index contributed by atoms with van der Waals surface area (Å²) < 4.78 is 1.02. The lowest BCUT2D eigenvalue weighted by Crippen LogP contribution is -2.48. The highest BCUT2D eigenvalue weighted by atomic mass is 127. The number of hydrazine groups is 2. The number of nitrogens with one attached hydrogen (secondary N) is 1. The molecule has 86 valence electrons. The number of benzene rings is 1. The Hall–Kier alpha value is -0.860. The van der Waals surface area contributed by atoms with Crippen molar-refractivity contribution < 1.29 is 4.79 Å². The van der Waals surface area contributed by atoms with Crippen molar-refractivity contribution in [2.24, 2.45) is 11.7 Å². The van der Waals surface area contributed by atoms with E-state index in [1.807, 2.05) is 17.6 Å². The maximum absolute atomic E-state index is 11.3. The minimum atomic E-state index is -0.522. The van der Waals surface area contributed by atoms with Crippen LogP contribution in [0.5, 0.6) is 0 Å². The standard InChI is InChI=1S/C10H13IN4O/c11-9-7(6-4-5-6)2-1-3-8(9)15(13)10(16)14-12/h1-3,6H,4-5,12-13H2,(H,14,16). The zero-order valence-electron chi connectivity index (χ0n) is 8.61. The first-order valence-electron chi connectivity index (χ1n) is 4.99. The fourth-order valence-corrected chi connectivity index (χ4v) is 2.67. The zero-order valence-corrected chi connectivity index (χ0v) is 10.8. The van der Waals surface area contributed by atoms with Gasteiger partial charge in [-0.3, -0.25) is 5.43 Å². The maximum atomic E-state index is 11.3. The van der Waals surface area contributed by atoms with Crippen molar-refractivity contribution in [2.45, 2.75) is 18.8 Å². The third-order valence-electron chi connectivity index (χ3n) is 2.63. The highest BCUT2D eigenvalue weighted by Crippen LogP contribution is 2.43. The molecule has 5 N–H and O–H groups in total. The third kappa shape index (κ3) is 2.13. The van der Waals surface area contributed by atoms with Gasteiger partial charge in [-0.2, -0.15) is 0 Å². The van der Waals surface area contributed by atoms with Crippen LogP contribution in [0.1, 0.15) is 24.3 Å². The fourth-order valence-electron chi connectivity index (χ4n) is 1.61. The lowest BCUT2D eigenvalue weighted by Gasteiger charge is -2.18. The van der Waals surface area contributed by atoms with Crippen molar-refractivity contribution in [3.05, 3.63) is 27.3 Å². The van der Waals surface area contributed by atoms with Crippen molar-refractivity contribution in [3.8, 4) is 0 Å². The van der Waals surface area contributed by atoms with E-state index in [1.54, 1.807) is 0 Å². The van der Waals surface area contributed by atoms with Crippen LogP contribution in [0.3, 0.4) is 0 Å². The van der Waals surface area contributed by atoms with E-state index in [0.29, 0.717) is 11.6 Å². The molecule has 0 saturated heterocycles. The Morgan fingerprint density at radius 1 is 1.50 bits per heavy atom. The number of hydrogen-bond donors (Lipinski definition) is 3.